The van der Waals surface area contributed by atoms with Crippen molar-refractivity contribution in [3.8, 4) is 0 Å². The standard InChI is InChI=1S/C15H30O/c1-8-9-10-15(6,7)13(4)14(5)16-11-12(2)3/h13-14H,2,8-11H2,1,3-7H3. The van der Waals surface area contributed by atoms with Crippen molar-refractivity contribution in [2.24, 2.45) is 11.3 Å². The predicted octanol–water partition coefficient (Wildman–Crippen LogP) is 4.82. The molecule has 0 spiro atoms. The van der Waals surface area contributed by atoms with Gasteiger partial charge in [0.15, 0.2) is 0 Å². The van der Waals surface area contributed by atoms with Gasteiger partial charge in [-0.3, -0.25) is 0 Å². The number of rotatable bonds is 8. The minimum Gasteiger partial charge on any atom is -0.374 e. The molecule has 0 aromatic carbocycles. The second kappa shape index (κ2) is 7.11. The molecule has 0 saturated carbocycles. The van der Waals surface area contributed by atoms with E-state index in [0.29, 0.717) is 24.0 Å². The van der Waals surface area contributed by atoms with Crippen LogP contribution in [-0.2, 0) is 4.74 Å². The second-order valence-corrected chi connectivity index (χ2v) is 5.85. The zero-order valence-electron chi connectivity index (χ0n) is 12.1. The first-order chi connectivity index (χ1) is 7.31. The van der Waals surface area contributed by atoms with E-state index in [2.05, 4.69) is 41.2 Å². The van der Waals surface area contributed by atoms with E-state index < -0.39 is 0 Å². The third-order valence-corrected chi connectivity index (χ3v) is 3.70. The van der Waals surface area contributed by atoms with Crippen molar-refractivity contribution in [2.45, 2.75) is 66.9 Å². The SMILES string of the molecule is C=C(C)COC(C)C(C)C(C)(C)CCCC. The zero-order valence-corrected chi connectivity index (χ0v) is 12.1. The number of hydrogen-bond acceptors (Lipinski definition) is 1. The Morgan fingerprint density at radius 1 is 1.31 bits per heavy atom. The fourth-order valence-corrected chi connectivity index (χ4v) is 1.91. The molecule has 0 N–H and O–H groups in total. The summed E-state index contributed by atoms with van der Waals surface area (Å²) in [6.07, 6.45) is 4.18. The molecule has 16 heavy (non-hydrogen) atoms. The average molecular weight is 226 g/mol. The van der Waals surface area contributed by atoms with Crippen LogP contribution in [0.5, 0.6) is 0 Å². The maximum Gasteiger partial charge on any atom is 0.0675 e. The zero-order chi connectivity index (χ0) is 12.8. The molecule has 0 aromatic heterocycles. The lowest BCUT2D eigenvalue weighted by Crippen LogP contribution is -2.32. The highest BCUT2D eigenvalue weighted by Gasteiger charge is 2.29. The maximum absolute atomic E-state index is 5.83. The lowest BCUT2D eigenvalue weighted by Gasteiger charge is -2.36. The van der Waals surface area contributed by atoms with E-state index in [9.17, 15) is 0 Å². The fraction of sp³-hybridized carbons (Fsp3) is 0.867. The smallest absolute Gasteiger partial charge is 0.0675 e. The van der Waals surface area contributed by atoms with Crippen molar-refractivity contribution in [3.05, 3.63) is 12.2 Å². The van der Waals surface area contributed by atoms with E-state index in [-0.39, 0.29) is 0 Å². The van der Waals surface area contributed by atoms with Crippen LogP contribution in [0.15, 0.2) is 12.2 Å². The Labute approximate surface area is 102 Å². The molecule has 0 heterocycles. The summed E-state index contributed by atoms with van der Waals surface area (Å²) in [5.41, 5.74) is 1.47. The third kappa shape index (κ3) is 5.69. The first kappa shape index (κ1) is 15.7. The molecule has 0 bridgehead atoms. The van der Waals surface area contributed by atoms with Crippen LogP contribution < -0.4 is 0 Å². The highest BCUT2D eigenvalue weighted by Crippen LogP contribution is 2.35. The largest absolute Gasteiger partial charge is 0.374 e. The van der Waals surface area contributed by atoms with Gasteiger partial charge in [-0.1, -0.05) is 52.7 Å². The summed E-state index contributed by atoms with van der Waals surface area (Å²) in [6, 6.07) is 0. The van der Waals surface area contributed by atoms with Crippen LogP contribution in [0.2, 0.25) is 0 Å². The molecular formula is C15H30O. The van der Waals surface area contributed by atoms with Gasteiger partial charge in [-0.2, -0.15) is 0 Å². The van der Waals surface area contributed by atoms with Crippen molar-refractivity contribution >= 4 is 0 Å². The Bertz CT molecular complexity index is 205. The fourth-order valence-electron chi connectivity index (χ4n) is 1.91. The molecule has 0 fully saturated rings. The van der Waals surface area contributed by atoms with Gasteiger partial charge in [0.2, 0.25) is 0 Å². The van der Waals surface area contributed by atoms with E-state index in [1.54, 1.807) is 0 Å². The predicted molar refractivity (Wildman–Crippen MR) is 72.7 cm³/mol. The van der Waals surface area contributed by atoms with Gasteiger partial charge in [0.1, 0.15) is 0 Å². The van der Waals surface area contributed by atoms with Gasteiger partial charge in [-0.15, -0.1) is 0 Å². The highest BCUT2D eigenvalue weighted by molar-refractivity contribution is 4.88. The van der Waals surface area contributed by atoms with E-state index in [1.807, 2.05) is 6.92 Å². The van der Waals surface area contributed by atoms with Gasteiger partial charge in [0, 0.05) is 0 Å². The summed E-state index contributed by atoms with van der Waals surface area (Å²) in [5.74, 6) is 0.582. The van der Waals surface area contributed by atoms with E-state index in [4.69, 9.17) is 4.74 Å². The summed E-state index contributed by atoms with van der Waals surface area (Å²) in [4.78, 5) is 0. The first-order valence-electron chi connectivity index (χ1n) is 6.57. The number of unbranched alkanes of at least 4 members (excludes halogenated alkanes) is 1. The first-order valence-corrected chi connectivity index (χ1v) is 6.57. The van der Waals surface area contributed by atoms with Gasteiger partial charge in [0.05, 0.1) is 12.7 Å². The molecule has 96 valence electrons. The lowest BCUT2D eigenvalue weighted by molar-refractivity contribution is -0.00338. The normalized spacial score (nSPS) is 15.9. The number of hydrogen-bond donors (Lipinski definition) is 0. The maximum atomic E-state index is 5.83. The van der Waals surface area contributed by atoms with Gasteiger partial charge in [-0.05, 0) is 31.6 Å². The molecule has 0 aromatic rings. The lowest BCUT2D eigenvalue weighted by atomic mass is 9.74. The van der Waals surface area contributed by atoms with Crippen molar-refractivity contribution in [1.29, 1.82) is 0 Å². The van der Waals surface area contributed by atoms with Crippen molar-refractivity contribution in [3.63, 3.8) is 0 Å². The average Bonchev–Trinajstić information content (AvgIpc) is 2.21. The molecular weight excluding hydrogens is 196 g/mol. The molecule has 0 aliphatic heterocycles. The van der Waals surface area contributed by atoms with Crippen LogP contribution >= 0.6 is 0 Å². The van der Waals surface area contributed by atoms with Crippen LogP contribution in [0, 0.1) is 11.3 Å². The van der Waals surface area contributed by atoms with Gasteiger partial charge < -0.3 is 4.74 Å². The van der Waals surface area contributed by atoms with Crippen LogP contribution in [0.1, 0.15) is 60.8 Å². The molecule has 0 rings (SSSR count). The highest BCUT2D eigenvalue weighted by atomic mass is 16.5. The summed E-state index contributed by atoms with van der Waals surface area (Å²) >= 11 is 0. The van der Waals surface area contributed by atoms with E-state index in [1.165, 1.54) is 19.3 Å². The Morgan fingerprint density at radius 2 is 1.88 bits per heavy atom. The summed E-state index contributed by atoms with van der Waals surface area (Å²) in [6.45, 7) is 18.0. The van der Waals surface area contributed by atoms with E-state index >= 15 is 0 Å². The minimum atomic E-state index is 0.309. The van der Waals surface area contributed by atoms with Gasteiger partial charge in [-0.25, -0.2) is 0 Å². The molecule has 0 saturated heterocycles. The van der Waals surface area contributed by atoms with Crippen LogP contribution in [-0.4, -0.2) is 12.7 Å². The monoisotopic (exact) mass is 226 g/mol. The molecule has 0 amide bonds. The minimum absolute atomic E-state index is 0.309. The number of ether oxygens (including phenoxy) is 1. The second-order valence-electron chi connectivity index (χ2n) is 5.85. The molecule has 1 nitrogen and oxygen atoms in total. The molecule has 0 radical (unpaired) electrons. The van der Waals surface area contributed by atoms with Gasteiger partial charge >= 0.3 is 0 Å². The van der Waals surface area contributed by atoms with Gasteiger partial charge in [0.25, 0.3) is 0 Å². The van der Waals surface area contributed by atoms with Crippen molar-refractivity contribution in [1.82, 2.24) is 0 Å². The quantitative estimate of drug-likeness (QED) is 0.539. The van der Waals surface area contributed by atoms with Crippen LogP contribution in [0.3, 0.4) is 0 Å². The molecule has 0 aliphatic rings. The molecule has 1 heteroatoms. The Balaban J connectivity index is 4.17. The summed E-state index contributed by atoms with van der Waals surface area (Å²) < 4.78 is 5.83. The van der Waals surface area contributed by atoms with Crippen LogP contribution in [0.25, 0.3) is 0 Å². The Hall–Kier alpha value is -0.300. The van der Waals surface area contributed by atoms with Crippen molar-refractivity contribution < 1.29 is 4.74 Å². The Morgan fingerprint density at radius 3 is 2.31 bits per heavy atom. The molecule has 0 aliphatic carbocycles. The molecule has 2 unspecified atom stereocenters. The summed E-state index contributed by atoms with van der Waals surface area (Å²) in [5, 5.41) is 0. The third-order valence-electron chi connectivity index (χ3n) is 3.70. The van der Waals surface area contributed by atoms with Crippen molar-refractivity contribution in [2.75, 3.05) is 6.61 Å². The Kier molecular flexibility index (Phi) is 6.98. The topological polar surface area (TPSA) is 9.23 Å². The molecule has 2 atom stereocenters. The van der Waals surface area contributed by atoms with E-state index in [0.717, 1.165) is 5.57 Å². The van der Waals surface area contributed by atoms with Crippen LogP contribution in [0.4, 0.5) is 0 Å². The summed E-state index contributed by atoms with van der Waals surface area (Å²) in [7, 11) is 0.